The summed E-state index contributed by atoms with van der Waals surface area (Å²) in [5.74, 6) is -0.212. The molecule has 4 N–H and O–H groups in total. The molecule has 0 aromatic carbocycles. The largest absolute Gasteiger partial charge is 0.353 e. The second-order valence-electron chi connectivity index (χ2n) is 5.02. The summed E-state index contributed by atoms with van der Waals surface area (Å²) in [7, 11) is 0. The maximum atomic E-state index is 11.9. The lowest BCUT2D eigenvalue weighted by Gasteiger charge is -2.13. The van der Waals surface area contributed by atoms with Crippen molar-refractivity contribution in [3.05, 3.63) is 33.0 Å². The summed E-state index contributed by atoms with van der Waals surface area (Å²) in [6, 6.07) is -0.733. The number of carbonyl (C=O) groups excluding carboxylic acids is 1. The molecule has 1 aromatic heterocycles. The fraction of sp³-hybridized carbons (Fsp3) is 0.462. The number of hydrogen-bond acceptors (Lipinski definition) is 6. The van der Waals surface area contributed by atoms with Crippen LogP contribution in [-0.2, 0) is 4.79 Å². The van der Waals surface area contributed by atoms with Crippen LogP contribution in [0.25, 0.3) is 0 Å². The molecule has 2 atom stereocenters. The van der Waals surface area contributed by atoms with Gasteiger partial charge in [0.05, 0.1) is 0 Å². The second kappa shape index (κ2) is 7.34. The van der Waals surface area contributed by atoms with E-state index in [2.05, 4.69) is 38.2 Å². The third kappa shape index (κ3) is 4.40. The minimum Gasteiger partial charge on any atom is -0.353 e. The van der Waals surface area contributed by atoms with Gasteiger partial charge in [-0.05, 0) is 32.1 Å². The zero-order valence-corrected chi connectivity index (χ0v) is 12.1. The van der Waals surface area contributed by atoms with Crippen molar-refractivity contribution in [3.8, 4) is 0 Å². The second-order valence-corrected chi connectivity index (χ2v) is 5.02. The third-order valence-electron chi connectivity index (χ3n) is 3.23. The Morgan fingerprint density at radius 1 is 1.50 bits per heavy atom. The van der Waals surface area contributed by atoms with E-state index < -0.39 is 23.2 Å². The molecule has 118 valence electrons. The first kappa shape index (κ1) is 15.7. The van der Waals surface area contributed by atoms with Crippen LogP contribution in [0.15, 0.2) is 26.8 Å². The van der Waals surface area contributed by atoms with Gasteiger partial charge in [0.2, 0.25) is 5.82 Å². The fourth-order valence-corrected chi connectivity index (χ4v) is 1.97. The molecule has 0 radical (unpaired) electrons. The number of allylic oxidation sites excluding steroid dienone is 2. The molecule has 0 bridgehead atoms. The molecule has 2 rings (SSSR count). The van der Waals surface area contributed by atoms with Crippen molar-refractivity contribution >= 4 is 17.9 Å². The van der Waals surface area contributed by atoms with E-state index in [0.29, 0.717) is 5.92 Å². The predicted molar refractivity (Wildman–Crippen MR) is 81.7 cm³/mol. The highest BCUT2D eigenvalue weighted by Gasteiger charge is 2.15. The highest BCUT2D eigenvalue weighted by Crippen LogP contribution is 2.15. The van der Waals surface area contributed by atoms with Gasteiger partial charge in [-0.1, -0.05) is 12.2 Å². The first-order chi connectivity index (χ1) is 10.6. The number of H-pyrrole nitrogens is 2. The molecule has 1 amide bonds. The number of anilines is 1. The van der Waals surface area contributed by atoms with Crippen molar-refractivity contribution in [1.82, 2.24) is 20.6 Å². The molecule has 0 spiro atoms. The first-order valence-electron chi connectivity index (χ1n) is 7.00. The van der Waals surface area contributed by atoms with Crippen molar-refractivity contribution < 1.29 is 4.79 Å². The Bertz CT molecular complexity index is 690. The molecule has 1 aromatic rings. The normalized spacial score (nSPS) is 19.0. The number of nitrogens with one attached hydrogen (secondary N) is 4. The van der Waals surface area contributed by atoms with Crippen LogP contribution in [0.2, 0.25) is 0 Å². The van der Waals surface area contributed by atoms with Crippen LogP contribution in [0.4, 0.5) is 5.82 Å². The summed E-state index contributed by atoms with van der Waals surface area (Å²) < 4.78 is 0. The lowest BCUT2D eigenvalue weighted by molar-refractivity contribution is -0.121. The summed E-state index contributed by atoms with van der Waals surface area (Å²) in [5, 5.41) is 12.2. The molecule has 9 heteroatoms. The number of amides is 1. The van der Waals surface area contributed by atoms with E-state index in [1.165, 1.54) is 0 Å². The molecule has 2 unspecified atom stereocenters. The van der Waals surface area contributed by atoms with Gasteiger partial charge >= 0.3 is 5.69 Å². The van der Waals surface area contributed by atoms with Crippen molar-refractivity contribution in [1.29, 1.82) is 0 Å². The molecule has 1 heterocycles. The van der Waals surface area contributed by atoms with Crippen molar-refractivity contribution in [2.24, 2.45) is 11.0 Å². The van der Waals surface area contributed by atoms with Crippen LogP contribution >= 0.6 is 0 Å². The number of nitrogens with zero attached hydrogens (tertiary/aromatic N) is 2. The van der Waals surface area contributed by atoms with Gasteiger partial charge in [0.25, 0.3) is 11.5 Å². The zero-order valence-electron chi connectivity index (χ0n) is 12.1. The van der Waals surface area contributed by atoms with Gasteiger partial charge in [0.15, 0.2) is 0 Å². The summed E-state index contributed by atoms with van der Waals surface area (Å²) in [4.78, 5) is 36.2. The molecule has 1 aliphatic carbocycles. The molecule has 0 saturated heterocycles. The lowest BCUT2D eigenvalue weighted by atomic mass is 9.96. The van der Waals surface area contributed by atoms with Crippen LogP contribution in [0.5, 0.6) is 0 Å². The van der Waals surface area contributed by atoms with Gasteiger partial charge in [-0.15, -0.1) is 5.10 Å². The summed E-state index contributed by atoms with van der Waals surface area (Å²) in [6.45, 7) is 1.56. The SMILES string of the molecule is CC(Nc1n[nH]c(=O)[nH]c1=O)C(=O)NN=CC1CC=CCC1. The van der Waals surface area contributed by atoms with Gasteiger partial charge in [-0.25, -0.2) is 15.3 Å². The minimum absolute atomic E-state index is 0.136. The zero-order chi connectivity index (χ0) is 15.9. The fourth-order valence-electron chi connectivity index (χ4n) is 1.97. The molecule has 0 saturated carbocycles. The standard InChI is InChI=1S/C13H18N6O3/c1-8(15-10-12(21)16-13(22)19-17-10)11(20)18-14-7-9-5-3-2-4-6-9/h2-3,7-9H,4-6H2,1H3,(H,15,17)(H,18,20)(H2,16,19,21,22). The van der Waals surface area contributed by atoms with E-state index in [0.717, 1.165) is 19.3 Å². The van der Waals surface area contributed by atoms with Crippen LogP contribution in [0.1, 0.15) is 26.2 Å². The molecular weight excluding hydrogens is 288 g/mol. The van der Waals surface area contributed by atoms with E-state index in [-0.39, 0.29) is 5.82 Å². The van der Waals surface area contributed by atoms with Crippen molar-refractivity contribution in [3.63, 3.8) is 0 Å². The van der Waals surface area contributed by atoms with Gasteiger partial charge in [-0.3, -0.25) is 14.6 Å². The highest BCUT2D eigenvalue weighted by atomic mass is 16.2. The Labute approximate surface area is 125 Å². The van der Waals surface area contributed by atoms with Crippen LogP contribution in [0, 0.1) is 5.92 Å². The quantitative estimate of drug-likeness (QED) is 0.337. The molecule has 1 aliphatic rings. The predicted octanol–water partition coefficient (Wildman–Crippen LogP) is -0.283. The van der Waals surface area contributed by atoms with Gasteiger partial charge in [-0.2, -0.15) is 5.10 Å². The van der Waals surface area contributed by atoms with E-state index in [1.54, 1.807) is 13.1 Å². The highest BCUT2D eigenvalue weighted by molar-refractivity contribution is 5.84. The molecular formula is C13H18N6O3. The van der Waals surface area contributed by atoms with Crippen LogP contribution in [0.3, 0.4) is 0 Å². The minimum atomic E-state index is -0.733. The third-order valence-corrected chi connectivity index (χ3v) is 3.23. The van der Waals surface area contributed by atoms with Gasteiger partial charge < -0.3 is 5.32 Å². The average molecular weight is 306 g/mol. The van der Waals surface area contributed by atoms with Gasteiger partial charge in [0.1, 0.15) is 6.04 Å². The first-order valence-corrected chi connectivity index (χ1v) is 7.00. The van der Waals surface area contributed by atoms with Crippen LogP contribution < -0.4 is 22.0 Å². The van der Waals surface area contributed by atoms with Crippen molar-refractivity contribution in [2.75, 3.05) is 5.32 Å². The number of hydrogen-bond donors (Lipinski definition) is 4. The lowest BCUT2D eigenvalue weighted by Crippen LogP contribution is -2.38. The molecule has 22 heavy (non-hydrogen) atoms. The van der Waals surface area contributed by atoms with E-state index in [9.17, 15) is 14.4 Å². The number of hydrazone groups is 1. The summed E-state index contributed by atoms with van der Waals surface area (Å²) in [5.41, 5.74) is 1.01. The molecule has 0 fully saturated rings. The maximum Gasteiger partial charge on any atom is 0.342 e. The van der Waals surface area contributed by atoms with Gasteiger partial charge in [0, 0.05) is 6.21 Å². The topological polar surface area (TPSA) is 132 Å². The smallest absolute Gasteiger partial charge is 0.342 e. The van der Waals surface area contributed by atoms with E-state index >= 15 is 0 Å². The number of aromatic nitrogens is 3. The maximum absolute atomic E-state index is 11.9. The monoisotopic (exact) mass is 306 g/mol. The summed E-state index contributed by atoms with van der Waals surface area (Å²) >= 11 is 0. The van der Waals surface area contributed by atoms with Crippen molar-refractivity contribution in [2.45, 2.75) is 32.2 Å². The Hall–Kier alpha value is -2.71. The van der Waals surface area contributed by atoms with E-state index in [4.69, 9.17) is 0 Å². The Balaban J connectivity index is 1.86. The molecule has 9 nitrogen and oxygen atoms in total. The average Bonchev–Trinajstić information content (AvgIpc) is 2.51. The number of rotatable bonds is 5. The Kier molecular flexibility index (Phi) is 5.23. The number of aromatic amines is 2. The summed E-state index contributed by atoms with van der Waals surface area (Å²) in [6.07, 6.45) is 8.90. The Morgan fingerprint density at radius 3 is 3.00 bits per heavy atom. The Morgan fingerprint density at radius 2 is 2.32 bits per heavy atom. The van der Waals surface area contributed by atoms with E-state index in [1.807, 2.05) is 4.98 Å². The number of carbonyl (C=O) groups is 1. The molecule has 0 aliphatic heterocycles. The van der Waals surface area contributed by atoms with Crippen LogP contribution in [-0.4, -0.2) is 33.3 Å².